The molecular weight excluding hydrogens is 999 g/mol. The Labute approximate surface area is 483 Å². The average molecular weight is 1070 g/mol. The molecule has 12 aromatic rings. The van der Waals surface area contributed by atoms with Crippen molar-refractivity contribution in [1.29, 1.82) is 0 Å². The van der Waals surface area contributed by atoms with Crippen LogP contribution in [0.15, 0.2) is 237 Å². The molecule has 0 saturated carbocycles. The number of aryl methyl sites for hydroxylation is 12. The highest BCUT2D eigenvalue weighted by Crippen LogP contribution is 2.36. The third-order valence-electron chi connectivity index (χ3n) is 16.1. The van der Waals surface area contributed by atoms with E-state index in [1.54, 1.807) is 0 Å². The van der Waals surface area contributed by atoms with Gasteiger partial charge in [0.25, 0.3) is 0 Å². The van der Waals surface area contributed by atoms with Gasteiger partial charge in [0.2, 0.25) is 0 Å². The number of hydrogen-bond donors (Lipinski definition) is 0. The largest absolute Gasteiger partial charge is 0.311 e. The van der Waals surface area contributed by atoms with E-state index in [0.29, 0.717) is 0 Å². The highest BCUT2D eigenvalue weighted by Gasteiger charge is 2.17. The topological polar surface area (TPSA) is 56.7 Å². The van der Waals surface area contributed by atoms with E-state index in [2.05, 4.69) is 279 Å². The number of imidazole rings is 3. The Morgan fingerprint density at radius 2 is 0.512 bits per heavy atom. The molecule has 0 aliphatic heterocycles. The van der Waals surface area contributed by atoms with E-state index >= 15 is 0 Å². The summed E-state index contributed by atoms with van der Waals surface area (Å²) in [6, 6.07) is 74.0. The van der Waals surface area contributed by atoms with E-state index < -0.39 is 0 Å². The SMILES string of the molecule is Cc1ccc(-n2ccnc2-c2ccc(CCc3ccc(N(c4ccc(CCc5ccc(-c6nccn6-c6ccc(C)cc6C)cc5)cc4)c4ccc(CCc5ccc(-c6nccn6-c6ccc(C)cc6C)cc5)cc4)cc3)cc2)c(C)c1. The fourth-order valence-corrected chi connectivity index (χ4v) is 11.6. The Morgan fingerprint density at radius 3 is 0.744 bits per heavy atom. The minimum Gasteiger partial charge on any atom is -0.311 e. The zero-order valence-corrected chi connectivity index (χ0v) is 47.9. The van der Waals surface area contributed by atoms with Gasteiger partial charge in [0.1, 0.15) is 17.5 Å². The summed E-state index contributed by atoms with van der Waals surface area (Å²) in [5.41, 5.74) is 25.5. The van der Waals surface area contributed by atoms with Crippen LogP contribution in [0.4, 0.5) is 17.1 Å². The van der Waals surface area contributed by atoms with E-state index in [-0.39, 0.29) is 0 Å². The second-order valence-corrected chi connectivity index (χ2v) is 22.2. The molecule has 0 N–H and O–H groups in total. The molecule has 3 aromatic heterocycles. The van der Waals surface area contributed by atoms with Crippen molar-refractivity contribution in [3.05, 3.63) is 304 Å². The van der Waals surface area contributed by atoms with E-state index in [1.807, 2.05) is 18.6 Å². The first-order chi connectivity index (χ1) is 40.1. The maximum atomic E-state index is 4.76. The Hall–Kier alpha value is -9.59. The van der Waals surface area contributed by atoms with Crippen LogP contribution in [0.3, 0.4) is 0 Å². The fraction of sp³-hybridized carbons (Fsp3) is 0.160. The quantitative estimate of drug-likeness (QED) is 0.0859. The third-order valence-corrected chi connectivity index (χ3v) is 16.1. The number of rotatable bonds is 18. The summed E-state index contributed by atoms with van der Waals surface area (Å²) in [5.74, 6) is 2.86. The lowest BCUT2D eigenvalue weighted by Gasteiger charge is -2.26. The van der Waals surface area contributed by atoms with Crippen LogP contribution in [-0.4, -0.2) is 28.7 Å². The molecule has 9 aromatic carbocycles. The van der Waals surface area contributed by atoms with E-state index in [4.69, 9.17) is 15.0 Å². The van der Waals surface area contributed by atoms with E-state index in [9.17, 15) is 0 Å². The average Bonchev–Trinajstić information content (AvgIpc) is 4.42. The molecule has 3 heterocycles. The van der Waals surface area contributed by atoms with Gasteiger partial charge in [-0.05, 0) is 185 Å². The lowest BCUT2D eigenvalue weighted by atomic mass is 10.0. The molecule has 0 amide bonds. The molecule has 7 heteroatoms. The van der Waals surface area contributed by atoms with Crippen LogP contribution in [0, 0.1) is 41.5 Å². The molecule has 0 aliphatic rings. The van der Waals surface area contributed by atoms with Crippen molar-refractivity contribution in [2.45, 2.75) is 80.1 Å². The minimum absolute atomic E-state index is 0.945. The molecule has 0 unspecified atom stereocenters. The minimum atomic E-state index is 0.945. The molecular formula is C75H69N7. The molecule has 0 spiro atoms. The van der Waals surface area contributed by atoms with Crippen molar-refractivity contribution in [3.8, 4) is 51.2 Å². The highest BCUT2D eigenvalue weighted by molar-refractivity contribution is 5.77. The van der Waals surface area contributed by atoms with Gasteiger partial charge < -0.3 is 4.90 Å². The molecule has 7 nitrogen and oxygen atoms in total. The molecule has 0 saturated heterocycles. The van der Waals surface area contributed by atoms with Crippen LogP contribution in [-0.2, 0) is 38.5 Å². The van der Waals surface area contributed by atoms with Crippen LogP contribution >= 0.6 is 0 Å². The number of hydrogen-bond acceptors (Lipinski definition) is 4. The van der Waals surface area contributed by atoms with Crippen molar-refractivity contribution in [1.82, 2.24) is 28.7 Å². The number of nitrogens with zero attached hydrogens (tertiary/aromatic N) is 7. The summed E-state index contributed by atoms with van der Waals surface area (Å²) in [5, 5.41) is 0. The van der Waals surface area contributed by atoms with Gasteiger partial charge in [0.05, 0.1) is 0 Å². The van der Waals surface area contributed by atoms with Crippen LogP contribution in [0.5, 0.6) is 0 Å². The van der Waals surface area contributed by atoms with Crippen LogP contribution in [0.25, 0.3) is 51.2 Å². The van der Waals surface area contributed by atoms with Gasteiger partial charge in [-0.15, -0.1) is 0 Å². The molecule has 0 radical (unpaired) electrons. The highest BCUT2D eigenvalue weighted by atomic mass is 15.1. The molecule has 0 atom stereocenters. The first kappa shape index (κ1) is 53.1. The predicted molar refractivity (Wildman–Crippen MR) is 339 cm³/mol. The normalized spacial score (nSPS) is 11.3. The Balaban J connectivity index is 0.735. The zero-order valence-electron chi connectivity index (χ0n) is 47.9. The summed E-state index contributed by atoms with van der Waals surface area (Å²) >= 11 is 0. The van der Waals surface area contributed by atoms with Crippen molar-refractivity contribution >= 4 is 17.1 Å². The summed E-state index contributed by atoms with van der Waals surface area (Å²) in [7, 11) is 0. The molecule has 0 bridgehead atoms. The lowest BCUT2D eigenvalue weighted by Crippen LogP contribution is -2.10. The van der Waals surface area contributed by atoms with Gasteiger partial charge in [0, 0.05) is 88.0 Å². The van der Waals surface area contributed by atoms with Gasteiger partial charge in [-0.2, -0.15) is 0 Å². The zero-order chi connectivity index (χ0) is 56.1. The Bertz CT molecular complexity index is 3690. The van der Waals surface area contributed by atoms with Crippen molar-refractivity contribution in [3.63, 3.8) is 0 Å². The van der Waals surface area contributed by atoms with Crippen molar-refractivity contribution in [2.75, 3.05) is 4.90 Å². The summed E-state index contributed by atoms with van der Waals surface area (Å²) < 4.78 is 6.58. The third kappa shape index (κ3) is 11.7. The lowest BCUT2D eigenvalue weighted by molar-refractivity contribution is 0.957. The maximum Gasteiger partial charge on any atom is 0.144 e. The molecule has 0 fully saturated rings. The Kier molecular flexibility index (Phi) is 15.3. The Morgan fingerprint density at radius 1 is 0.280 bits per heavy atom. The van der Waals surface area contributed by atoms with Gasteiger partial charge >= 0.3 is 0 Å². The predicted octanol–water partition coefficient (Wildman–Crippen LogP) is 17.9. The standard InChI is InChI=1S/C75H69N7/c1-52-7-40-70(55(4)49-52)79-46-43-76-73(79)64-28-16-58(17-29-64)10-13-61-22-34-67(35-23-61)82(68-36-24-62(25-37-68)14-11-59-18-30-65(31-19-59)74-77-44-47-80(74)71-41-8-53(2)50-56(71)5)69-38-26-63(27-39-69)15-12-60-20-32-66(33-21-60)75-78-45-48-81(75)72-42-9-54(3)51-57(72)6/h7-9,16-51H,10-15H2,1-6H3. The van der Waals surface area contributed by atoms with Gasteiger partial charge in [-0.1, -0.05) is 162 Å². The molecule has 12 rings (SSSR count). The number of anilines is 3. The second kappa shape index (κ2) is 23.6. The van der Waals surface area contributed by atoms with Gasteiger partial charge in [-0.25, -0.2) is 15.0 Å². The monoisotopic (exact) mass is 1070 g/mol. The summed E-state index contributed by atoms with van der Waals surface area (Å²) in [6.07, 6.45) is 17.5. The number of aromatic nitrogens is 6. The van der Waals surface area contributed by atoms with E-state index in [0.717, 1.165) is 107 Å². The van der Waals surface area contributed by atoms with Crippen LogP contribution in [0.2, 0.25) is 0 Å². The van der Waals surface area contributed by atoms with Crippen LogP contribution in [0.1, 0.15) is 66.8 Å². The first-order valence-electron chi connectivity index (χ1n) is 28.7. The fourth-order valence-electron chi connectivity index (χ4n) is 11.6. The van der Waals surface area contributed by atoms with Gasteiger partial charge in [0.15, 0.2) is 0 Å². The smallest absolute Gasteiger partial charge is 0.144 e. The van der Waals surface area contributed by atoms with Crippen molar-refractivity contribution in [2.24, 2.45) is 0 Å². The van der Waals surface area contributed by atoms with Crippen LogP contribution < -0.4 is 4.90 Å². The first-order valence-corrected chi connectivity index (χ1v) is 28.7. The molecule has 404 valence electrons. The molecule has 82 heavy (non-hydrogen) atoms. The number of benzene rings is 9. The maximum absolute atomic E-state index is 4.76. The van der Waals surface area contributed by atoms with Gasteiger partial charge in [-0.3, -0.25) is 13.7 Å². The molecule has 0 aliphatic carbocycles. The van der Waals surface area contributed by atoms with Crippen molar-refractivity contribution < 1.29 is 0 Å². The summed E-state index contributed by atoms with van der Waals surface area (Å²) in [6.45, 7) is 12.9. The van der Waals surface area contributed by atoms with E-state index in [1.165, 1.54) is 66.8 Å². The summed E-state index contributed by atoms with van der Waals surface area (Å²) in [4.78, 5) is 16.7. The second-order valence-electron chi connectivity index (χ2n) is 22.2.